The molecule has 0 saturated carbocycles. The van der Waals surface area contributed by atoms with Crippen molar-refractivity contribution < 1.29 is 27.8 Å². The molecule has 0 radical (unpaired) electrons. The molecule has 9 heteroatoms. The van der Waals surface area contributed by atoms with Gasteiger partial charge in [-0.15, -0.1) is 0 Å². The SMILES string of the molecule is O=C(CN1CCN(c2ccc3c(c2)OCO3)C1=O)NCc1ccc(F)cc1F. The summed E-state index contributed by atoms with van der Waals surface area (Å²) in [7, 11) is 0. The van der Waals surface area contributed by atoms with Crippen LogP contribution in [0.25, 0.3) is 0 Å². The average molecular weight is 389 g/mol. The molecule has 0 bridgehead atoms. The van der Waals surface area contributed by atoms with Gasteiger partial charge in [0.15, 0.2) is 11.5 Å². The van der Waals surface area contributed by atoms with Crippen LogP contribution in [0.1, 0.15) is 5.56 Å². The maximum Gasteiger partial charge on any atom is 0.325 e. The lowest BCUT2D eigenvalue weighted by molar-refractivity contribution is -0.121. The van der Waals surface area contributed by atoms with E-state index in [4.69, 9.17) is 9.47 Å². The number of benzene rings is 2. The fraction of sp³-hybridized carbons (Fsp3) is 0.263. The fourth-order valence-electron chi connectivity index (χ4n) is 3.11. The number of amides is 3. The lowest BCUT2D eigenvalue weighted by Gasteiger charge is -2.18. The second-order valence-electron chi connectivity index (χ2n) is 6.41. The van der Waals surface area contributed by atoms with Crippen LogP contribution in [0.15, 0.2) is 36.4 Å². The quantitative estimate of drug-likeness (QED) is 0.852. The zero-order chi connectivity index (χ0) is 19.7. The van der Waals surface area contributed by atoms with Crippen LogP contribution >= 0.6 is 0 Å². The third-order valence-corrected chi connectivity index (χ3v) is 4.59. The maximum atomic E-state index is 13.6. The minimum atomic E-state index is -0.730. The highest BCUT2D eigenvalue weighted by Gasteiger charge is 2.31. The third-order valence-electron chi connectivity index (χ3n) is 4.59. The predicted molar refractivity (Wildman–Crippen MR) is 95.1 cm³/mol. The van der Waals surface area contributed by atoms with E-state index >= 15 is 0 Å². The lowest BCUT2D eigenvalue weighted by Crippen LogP contribution is -2.39. The van der Waals surface area contributed by atoms with Crippen LogP contribution in [-0.4, -0.2) is 43.3 Å². The van der Waals surface area contributed by atoms with Gasteiger partial charge in [-0.25, -0.2) is 13.6 Å². The molecule has 2 aromatic rings. The Hall–Kier alpha value is -3.36. The summed E-state index contributed by atoms with van der Waals surface area (Å²) in [6.07, 6.45) is 0. The topological polar surface area (TPSA) is 71.1 Å². The van der Waals surface area contributed by atoms with E-state index in [1.165, 1.54) is 11.0 Å². The van der Waals surface area contributed by atoms with Gasteiger partial charge in [0.25, 0.3) is 0 Å². The minimum Gasteiger partial charge on any atom is -0.454 e. The second kappa shape index (κ2) is 7.34. The third kappa shape index (κ3) is 3.55. The van der Waals surface area contributed by atoms with Crippen molar-refractivity contribution in [1.29, 1.82) is 0 Å². The van der Waals surface area contributed by atoms with Crippen LogP contribution in [0.3, 0.4) is 0 Å². The molecular weight excluding hydrogens is 372 g/mol. The van der Waals surface area contributed by atoms with E-state index in [2.05, 4.69) is 5.32 Å². The van der Waals surface area contributed by atoms with E-state index in [0.29, 0.717) is 30.3 Å². The Bertz CT molecular complexity index is 937. The van der Waals surface area contributed by atoms with E-state index in [0.717, 1.165) is 12.1 Å². The Morgan fingerprint density at radius 1 is 1.07 bits per heavy atom. The van der Waals surface area contributed by atoms with Gasteiger partial charge in [0.2, 0.25) is 12.7 Å². The Morgan fingerprint density at radius 3 is 2.71 bits per heavy atom. The summed E-state index contributed by atoms with van der Waals surface area (Å²) in [5, 5.41) is 2.54. The van der Waals surface area contributed by atoms with Gasteiger partial charge in [0.1, 0.15) is 18.2 Å². The predicted octanol–water partition coefficient (Wildman–Crippen LogP) is 2.25. The van der Waals surface area contributed by atoms with Crippen molar-refractivity contribution in [1.82, 2.24) is 10.2 Å². The van der Waals surface area contributed by atoms with Crippen molar-refractivity contribution in [3.05, 3.63) is 53.6 Å². The van der Waals surface area contributed by atoms with Crippen molar-refractivity contribution in [2.75, 3.05) is 31.3 Å². The molecular formula is C19H17F2N3O4. The molecule has 3 amide bonds. The van der Waals surface area contributed by atoms with Crippen molar-refractivity contribution >= 4 is 17.6 Å². The summed E-state index contributed by atoms with van der Waals surface area (Å²) in [6.45, 7) is 0.721. The van der Waals surface area contributed by atoms with Gasteiger partial charge in [-0.2, -0.15) is 0 Å². The molecule has 2 aliphatic heterocycles. The normalized spacial score (nSPS) is 15.3. The standard InChI is InChI=1S/C19H17F2N3O4/c20-13-2-1-12(15(21)7-13)9-22-18(25)10-23-5-6-24(19(23)26)14-3-4-16-17(8-14)28-11-27-16/h1-4,7-8H,5-6,9-11H2,(H,22,25). The first-order valence-electron chi connectivity index (χ1n) is 8.68. The lowest BCUT2D eigenvalue weighted by atomic mass is 10.2. The van der Waals surface area contributed by atoms with E-state index in [9.17, 15) is 18.4 Å². The number of halogens is 2. The van der Waals surface area contributed by atoms with Gasteiger partial charge < -0.3 is 19.7 Å². The number of urea groups is 1. The first kappa shape index (κ1) is 18.0. The van der Waals surface area contributed by atoms with Crippen LogP contribution in [0.4, 0.5) is 19.3 Å². The van der Waals surface area contributed by atoms with Crippen LogP contribution in [0.2, 0.25) is 0 Å². The number of hydrogen-bond acceptors (Lipinski definition) is 4. The Kier molecular flexibility index (Phi) is 4.72. The fourth-order valence-corrected chi connectivity index (χ4v) is 3.11. The highest BCUT2D eigenvalue weighted by atomic mass is 19.1. The van der Waals surface area contributed by atoms with E-state index in [-0.39, 0.29) is 31.5 Å². The van der Waals surface area contributed by atoms with Crippen LogP contribution < -0.4 is 19.7 Å². The molecule has 0 unspecified atom stereocenters. The van der Waals surface area contributed by atoms with Gasteiger partial charge in [-0.1, -0.05) is 6.07 Å². The van der Waals surface area contributed by atoms with E-state index in [1.54, 1.807) is 23.1 Å². The zero-order valence-corrected chi connectivity index (χ0v) is 14.8. The van der Waals surface area contributed by atoms with Gasteiger partial charge in [0, 0.05) is 43.0 Å². The molecule has 1 N–H and O–H groups in total. The largest absolute Gasteiger partial charge is 0.454 e. The number of carbonyl (C=O) groups is 2. The molecule has 0 aromatic heterocycles. The zero-order valence-electron chi connectivity index (χ0n) is 14.8. The molecule has 28 heavy (non-hydrogen) atoms. The number of nitrogens with zero attached hydrogens (tertiary/aromatic N) is 2. The molecule has 0 atom stereocenters. The van der Waals surface area contributed by atoms with Gasteiger partial charge in [-0.3, -0.25) is 9.69 Å². The first-order valence-corrected chi connectivity index (χ1v) is 8.68. The van der Waals surface area contributed by atoms with Crippen molar-refractivity contribution in [3.63, 3.8) is 0 Å². The molecule has 2 aromatic carbocycles. The molecule has 4 rings (SSSR count). The molecule has 7 nitrogen and oxygen atoms in total. The highest BCUT2D eigenvalue weighted by molar-refractivity contribution is 5.96. The van der Waals surface area contributed by atoms with Gasteiger partial charge in [-0.05, 0) is 18.2 Å². The Morgan fingerprint density at radius 2 is 1.89 bits per heavy atom. The van der Waals surface area contributed by atoms with Crippen molar-refractivity contribution in [2.24, 2.45) is 0 Å². The number of nitrogens with one attached hydrogen (secondary N) is 1. The van der Waals surface area contributed by atoms with Crippen LogP contribution in [-0.2, 0) is 11.3 Å². The number of hydrogen-bond donors (Lipinski definition) is 1. The minimum absolute atomic E-state index is 0.0845. The number of carbonyl (C=O) groups excluding carboxylic acids is 2. The molecule has 2 heterocycles. The number of anilines is 1. The molecule has 146 valence electrons. The van der Waals surface area contributed by atoms with Gasteiger partial charge >= 0.3 is 6.03 Å². The highest BCUT2D eigenvalue weighted by Crippen LogP contribution is 2.36. The second-order valence-corrected chi connectivity index (χ2v) is 6.41. The molecule has 1 fully saturated rings. The molecule has 0 aliphatic carbocycles. The summed E-state index contributed by atoms with van der Waals surface area (Å²) in [5.74, 6) is -0.641. The average Bonchev–Trinajstić information content (AvgIpc) is 3.27. The van der Waals surface area contributed by atoms with E-state index < -0.39 is 17.5 Å². The maximum absolute atomic E-state index is 13.6. The smallest absolute Gasteiger partial charge is 0.325 e. The van der Waals surface area contributed by atoms with E-state index in [1.807, 2.05) is 0 Å². The molecule has 0 spiro atoms. The van der Waals surface area contributed by atoms with Gasteiger partial charge in [0.05, 0.1) is 0 Å². The Balaban J connectivity index is 1.34. The monoisotopic (exact) mass is 389 g/mol. The van der Waals surface area contributed by atoms with Crippen LogP contribution in [0.5, 0.6) is 11.5 Å². The summed E-state index contributed by atoms with van der Waals surface area (Å²) >= 11 is 0. The number of rotatable bonds is 5. The molecule has 2 aliphatic rings. The molecule has 1 saturated heterocycles. The Labute approximate surface area is 159 Å². The number of fused-ring (bicyclic) bond motifs is 1. The summed E-state index contributed by atoms with van der Waals surface area (Å²) in [6, 6.07) is 8.06. The van der Waals surface area contributed by atoms with Crippen LogP contribution in [0, 0.1) is 11.6 Å². The first-order chi connectivity index (χ1) is 13.5. The van der Waals surface area contributed by atoms with Crippen molar-refractivity contribution in [2.45, 2.75) is 6.54 Å². The van der Waals surface area contributed by atoms with Crippen molar-refractivity contribution in [3.8, 4) is 11.5 Å². The summed E-state index contributed by atoms with van der Waals surface area (Å²) in [4.78, 5) is 27.7. The summed E-state index contributed by atoms with van der Waals surface area (Å²) < 4.78 is 37.1. The number of ether oxygens (including phenoxy) is 2. The summed E-state index contributed by atoms with van der Waals surface area (Å²) in [5.41, 5.74) is 0.829.